The number of rotatable bonds is 1. The molecule has 1 aliphatic heterocycles. The highest BCUT2D eigenvalue weighted by Crippen LogP contribution is 2.36. The lowest BCUT2D eigenvalue weighted by molar-refractivity contribution is 0.0750. The number of hydrogen-bond acceptors (Lipinski definition) is 2. The quantitative estimate of drug-likeness (QED) is 0.847. The lowest BCUT2D eigenvalue weighted by atomic mass is 9.90. The molecule has 2 unspecified atom stereocenters. The molecule has 2 rings (SSSR count). The number of halogens is 1. The van der Waals surface area contributed by atoms with Crippen LogP contribution in [0.25, 0.3) is 0 Å². The molecule has 2 atom stereocenters. The zero-order valence-electron chi connectivity index (χ0n) is 13.1. The molecule has 0 spiro atoms. The molecule has 1 aliphatic rings. The van der Waals surface area contributed by atoms with Crippen LogP contribution < -0.4 is 5.73 Å². The molecule has 2 nitrogen and oxygen atoms in total. The average Bonchev–Trinajstić information content (AvgIpc) is 2.54. The summed E-state index contributed by atoms with van der Waals surface area (Å²) in [6, 6.07) is 5.24. The Morgan fingerprint density at radius 1 is 1.25 bits per heavy atom. The van der Waals surface area contributed by atoms with Crippen molar-refractivity contribution in [3.63, 3.8) is 0 Å². The third-order valence-electron chi connectivity index (χ3n) is 4.35. The maximum absolute atomic E-state index is 13.7. The largest absolute Gasteiger partial charge is 0.326 e. The highest BCUT2D eigenvalue weighted by Gasteiger charge is 2.35. The predicted octanol–water partition coefficient (Wildman–Crippen LogP) is 3.79. The zero-order valence-corrected chi connectivity index (χ0v) is 13.1. The summed E-state index contributed by atoms with van der Waals surface area (Å²) < 4.78 is 13.7. The van der Waals surface area contributed by atoms with Gasteiger partial charge in [0.2, 0.25) is 0 Å². The minimum absolute atomic E-state index is 0.0331. The molecule has 1 aromatic carbocycles. The average molecular weight is 278 g/mol. The second-order valence-corrected chi connectivity index (χ2v) is 6.97. The summed E-state index contributed by atoms with van der Waals surface area (Å²) in [5, 5.41) is 0. The van der Waals surface area contributed by atoms with E-state index in [1.165, 1.54) is 6.07 Å². The molecule has 0 bridgehead atoms. The summed E-state index contributed by atoms with van der Waals surface area (Å²) in [7, 11) is 0. The van der Waals surface area contributed by atoms with Crippen molar-refractivity contribution in [3.8, 4) is 0 Å². The summed E-state index contributed by atoms with van der Waals surface area (Å²) in [4.78, 5) is 2.45. The number of nitrogens with two attached hydrogens (primary N) is 1. The molecule has 0 aliphatic carbocycles. The van der Waals surface area contributed by atoms with Crippen LogP contribution in [0.3, 0.4) is 0 Å². The van der Waals surface area contributed by atoms with Crippen molar-refractivity contribution >= 4 is 0 Å². The monoisotopic (exact) mass is 278 g/mol. The first-order valence-electron chi connectivity index (χ1n) is 7.59. The van der Waals surface area contributed by atoms with E-state index in [1.54, 1.807) is 6.07 Å². The van der Waals surface area contributed by atoms with Crippen LogP contribution in [0.15, 0.2) is 18.2 Å². The molecule has 0 aromatic heterocycles. The van der Waals surface area contributed by atoms with Gasteiger partial charge in [0.1, 0.15) is 5.82 Å². The number of aryl methyl sites for hydroxylation is 1. The highest BCUT2D eigenvalue weighted by molar-refractivity contribution is 5.31. The summed E-state index contributed by atoms with van der Waals surface area (Å²) >= 11 is 0. The van der Waals surface area contributed by atoms with Crippen molar-refractivity contribution in [2.24, 2.45) is 5.73 Å². The first-order chi connectivity index (χ1) is 9.30. The van der Waals surface area contributed by atoms with Gasteiger partial charge < -0.3 is 5.73 Å². The normalized spacial score (nSPS) is 25.5. The lowest BCUT2D eigenvalue weighted by Gasteiger charge is -2.43. The molecular weight excluding hydrogens is 251 g/mol. The fraction of sp³-hybridized carbons (Fsp3) is 0.647. The Hall–Kier alpha value is -0.930. The molecule has 0 saturated carbocycles. The van der Waals surface area contributed by atoms with Gasteiger partial charge in [-0.3, -0.25) is 4.90 Å². The van der Waals surface area contributed by atoms with Gasteiger partial charge in [-0.05, 0) is 70.3 Å². The van der Waals surface area contributed by atoms with Gasteiger partial charge in [-0.15, -0.1) is 0 Å². The molecule has 0 radical (unpaired) electrons. The van der Waals surface area contributed by atoms with Gasteiger partial charge in [0, 0.05) is 11.6 Å². The Bertz CT molecular complexity index is 465. The molecule has 1 saturated heterocycles. The van der Waals surface area contributed by atoms with E-state index in [1.807, 2.05) is 13.0 Å². The fourth-order valence-electron chi connectivity index (χ4n) is 3.27. The van der Waals surface area contributed by atoms with Crippen LogP contribution in [-0.2, 0) is 0 Å². The van der Waals surface area contributed by atoms with Crippen LogP contribution >= 0.6 is 0 Å². The molecule has 1 aromatic rings. The number of hydrogen-bond donors (Lipinski definition) is 1. The van der Waals surface area contributed by atoms with Crippen molar-refractivity contribution in [3.05, 3.63) is 35.1 Å². The lowest BCUT2D eigenvalue weighted by Crippen LogP contribution is -2.49. The van der Waals surface area contributed by atoms with Gasteiger partial charge >= 0.3 is 0 Å². The first kappa shape index (κ1) is 15.5. The molecule has 3 heteroatoms. The molecule has 112 valence electrons. The molecule has 2 N–H and O–H groups in total. The van der Waals surface area contributed by atoms with E-state index >= 15 is 0 Å². The third kappa shape index (κ3) is 3.21. The molecule has 1 heterocycles. The van der Waals surface area contributed by atoms with E-state index in [4.69, 9.17) is 5.73 Å². The van der Waals surface area contributed by atoms with Gasteiger partial charge in [-0.1, -0.05) is 12.5 Å². The van der Waals surface area contributed by atoms with Crippen LogP contribution in [0.1, 0.15) is 57.2 Å². The van der Waals surface area contributed by atoms with Crippen molar-refractivity contribution in [1.82, 2.24) is 4.90 Å². The van der Waals surface area contributed by atoms with E-state index < -0.39 is 0 Å². The molecule has 1 fully saturated rings. The maximum Gasteiger partial charge on any atom is 0.123 e. The van der Waals surface area contributed by atoms with Crippen LogP contribution in [0.5, 0.6) is 0 Å². The molecule has 20 heavy (non-hydrogen) atoms. The van der Waals surface area contributed by atoms with Crippen LogP contribution in [0.4, 0.5) is 4.39 Å². The topological polar surface area (TPSA) is 29.3 Å². The van der Waals surface area contributed by atoms with Crippen molar-refractivity contribution in [2.45, 2.75) is 64.6 Å². The Morgan fingerprint density at radius 3 is 2.60 bits per heavy atom. The van der Waals surface area contributed by atoms with Crippen molar-refractivity contribution in [1.29, 1.82) is 0 Å². The second kappa shape index (κ2) is 5.82. The maximum atomic E-state index is 13.7. The third-order valence-corrected chi connectivity index (χ3v) is 4.35. The van der Waals surface area contributed by atoms with Crippen LogP contribution in [0.2, 0.25) is 0 Å². The SMILES string of the molecule is Cc1ccc(F)cc1C1C(N)CCCCN1C(C)(C)C. The van der Waals surface area contributed by atoms with E-state index in [0.29, 0.717) is 0 Å². The van der Waals surface area contributed by atoms with Gasteiger partial charge in [0.05, 0.1) is 6.04 Å². The Labute approximate surface area is 122 Å². The second-order valence-electron chi connectivity index (χ2n) is 6.97. The smallest absolute Gasteiger partial charge is 0.123 e. The van der Waals surface area contributed by atoms with E-state index in [0.717, 1.165) is 36.9 Å². The Balaban J connectivity index is 2.48. The fourth-order valence-corrected chi connectivity index (χ4v) is 3.27. The first-order valence-corrected chi connectivity index (χ1v) is 7.59. The molecular formula is C17H27FN2. The minimum Gasteiger partial charge on any atom is -0.326 e. The van der Waals surface area contributed by atoms with Gasteiger partial charge in [-0.25, -0.2) is 4.39 Å². The van der Waals surface area contributed by atoms with Crippen LogP contribution in [0, 0.1) is 12.7 Å². The zero-order chi connectivity index (χ0) is 14.9. The number of likely N-dealkylation sites (tertiary alicyclic amines) is 1. The minimum atomic E-state index is -0.170. The number of benzene rings is 1. The van der Waals surface area contributed by atoms with Crippen LogP contribution in [-0.4, -0.2) is 23.0 Å². The summed E-state index contributed by atoms with van der Waals surface area (Å²) in [5.41, 5.74) is 8.66. The highest BCUT2D eigenvalue weighted by atomic mass is 19.1. The molecule has 0 amide bonds. The summed E-state index contributed by atoms with van der Waals surface area (Å²) in [6.45, 7) is 9.72. The van der Waals surface area contributed by atoms with E-state index in [9.17, 15) is 4.39 Å². The van der Waals surface area contributed by atoms with Gasteiger partial charge in [0.25, 0.3) is 0 Å². The summed E-state index contributed by atoms with van der Waals surface area (Å²) in [5.74, 6) is -0.170. The standard InChI is InChI=1S/C17H27FN2/c1-12-8-9-13(18)11-14(12)16-15(19)7-5-6-10-20(16)17(2,3)4/h8-9,11,15-16H,5-7,10,19H2,1-4H3. The van der Waals surface area contributed by atoms with E-state index in [2.05, 4.69) is 25.7 Å². The summed E-state index contributed by atoms with van der Waals surface area (Å²) in [6.07, 6.45) is 3.32. The predicted molar refractivity (Wildman–Crippen MR) is 82.2 cm³/mol. The van der Waals surface area contributed by atoms with Gasteiger partial charge in [0.15, 0.2) is 0 Å². The Kier molecular flexibility index (Phi) is 4.50. The van der Waals surface area contributed by atoms with Gasteiger partial charge in [-0.2, -0.15) is 0 Å². The van der Waals surface area contributed by atoms with E-state index in [-0.39, 0.29) is 23.4 Å². The number of nitrogens with zero attached hydrogens (tertiary/aromatic N) is 1. The Morgan fingerprint density at radius 2 is 1.95 bits per heavy atom. The van der Waals surface area contributed by atoms with Crippen molar-refractivity contribution < 1.29 is 4.39 Å². The van der Waals surface area contributed by atoms with Crippen molar-refractivity contribution in [2.75, 3.05) is 6.54 Å².